The van der Waals surface area contributed by atoms with Gasteiger partial charge in [-0.25, -0.2) is 0 Å². The molecule has 0 aliphatic heterocycles. The first kappa shape index (κ1) is 15.6. The van der Waals surface area contributed by atoms with Crippen LogP contribution in [-0.4, -0.2) is 23.6 Å². The number of thiocarbonyl (C=S) groups is 1. The molecule has 1 rings (SSSR count). The normalized spacial score (nSPS) is 13.7. The molecule has 0 spiro atoms. The van der Waals surface area contributed by atoms with Gasteiger partial charge in [-0.1, -0.05) is 31.3 Å². The van der Waals surface area contributed by atoms with E-state index in [1.54, 1.807) is 13.0 Å². The van der Waals surface area contributed by atoms with Gasteiger partial charge in [0.05, 0.1) is 5.69 Å². The molecule has 0 saturated heterocycles. The van der Waals surface area contributed by atoms with Crippen molar-refractivity contribution in [3.05, 3.63) is 29.3 Å². The van der Waals surface area contributed by atoms with Gasteiger partial charge in [0.2, 0.25) is 0 Å². The molecule has 0 heterocycles. The molecule has 1 amide bonds. The summed E-state index contributed by atoms with van der Waals surface area (Å²) in [6.07, 6.45) is 0.573. The van der Waals surface area contributed by atoms with Crippen LogP contribution in [0.3, 0.4) is 0 Å². The van der Waals surface area contributed by atoms with Gasteiger partial charge in [-0.05, 0) is 31.9 Å². The van der Waals surface area contributed by atoms with Crippen molar-refractivity contribution < 1.29 is 9.53 Å². The van der Waals surface area contributed by atoms with Crippen LogP contribution in [0.4, 0.5) is 5.69 Å². The largest absolute Gasteiger partial charge is 0.389 e. The summed E-state index contributed by atoms with van der Waals surface area (Å²) in [4.78, 5) is 12.5. The minimum Gasteiger partial charge on any atom is -0.389 e. The number of rotatable bonds is 5. The Balaban J connectivity index is 3.10. The minimum atomic E-state index is -0.864. The van der Waals surface area contributed by atoms with Crippen molar-refractivity contribution in [3.8, 4) is 0 Å². The molecule has 4 nitrogen and oxygen atoms in total. The Labute approximate surface area is 119 Å². The number of hydrogen-bond donors (Lipinski definition) is 2. The first-order valence-electron chi connectivity index (χ1n) is 6.11. The van der Waals surface area contributed by atoms with E-state index < -0.39 is 5.60 Å². The molecule has 1 unspecified atom stereocenters. The van der Waals surface area contributed by atoms with Crippen molar-refractivity contribution in [2.24, 2.45) is 5.73 Å². The maximum Gasteiger partial charge on any atom is 0.256 e. The van der Waals surface area contributed by atoms with Crippen LogP contribution >= 0.6 is 12.2 Å². The van der Waals surface area contributed by atoms with Gasteiger partial charge in [0.15, 0.2) is 0 Å². The highest BCUT2D eigenvalue weighted by atomic mass is 32.1. The van der Waals surface area contributed by atoms with Crippen molar-refractivity contribution in [3.63, 3.8) is 0 Å². The summed E-state index contributed by atoms with van der Waals surface area (Å²) < 4.78 is 5.28. The van der Waals surface area contributed by atoms with Gasteiger partial charge in [0.25, 0.3) is 5.91 Å². The maximum atomic E-state index is 12.3. The predicted molar refractivity (Wildman–Crippen MR) is 81.4 cm³/mol. The molecule has 0 saturated carbocycles. The van der Waals surface area contributed by atoms with Crippen LogP contribution in [-0.2, 0) is 9.53 Å². The standard InChI is InChI=1S/C14H20N2O2S/c1-5-14(3,18-4)13(17)16-10-8-6-7-9(2)11(10)12(15)19/h6-8H,5H2,1-4H3,(H2,15,19)(H,16,17). The molecule has 0 fully saturated rings. The fourth-order valence-corrected chi connectivity index (χ4v) is 2.02. The Morgan fingerprint density at radius 1 is 1.53 bits per heavy atom. The third kappa shape index (κ3) is 3.30. The number of methoxy groups -OCH3 is 1. The second-order valence-corrected chi connectivity index (χ2v) is 5.04. The zero-order valence-electron chi connectivity index (χ0n) is 11.7. The zero-order valence-corrected chi connectivity index (χ0v) is 12.6. The molecule has 0 aromatic heterocycles. The van der Waals surface area contributed by atoms with Crippen LogP contribution in [0.1, 0.15) is 31.4 Å². The number of anilines is 1. The molecule has 19 heavy (non-hydrogen) atoms. The molecule has 0 bridgehead atoms. The monoisotopic (exact) mass is 280 g/mol. The van der Waals surface area contributed by atoms with Crippen LogP contribution in [0.5, 0.6) is 0 Å². The van der Waals surface area contributed by atoms with Crippen molar-refractivity contribution >= 4 is 28.8 Å². The molecule has 104 valence electrons. The predicted octanol–water partition coefficient (Wildman–Crippen LogP) is 2.38. The van der Waals surface area contributed by atoms with Crippen LogP contribution in [0, 0.1) is 6.92 Å². The van der Waals surface area contributed by atoms with E-state index in [2.05, 4.69) is 5.32 Å². The van der Waals surface area contributed by atoms with Crippen LogP contribution < -0.4 is 11.1 Å². The summed E-state index contributed by atoms with van der Waals surface area (Å²) in [6.45, 7) is 5.55. The lowest BCUT2D eigenvalue weighted by molar-refractivity contribution is -0.136. The first-order valence-corrected chi connectivity index (χ1v) is 6.52. The fraction of sp³-hybridized carbons (Fsp3) is 0.429. The number of benzene rings is 1. The molecule has 0 aliphatic carbocycles. The number of amides is 1. The number of ether oxygens (including phenoxy) is 1. The van der Waals surface area contributed by atoms with E-state index in [1.165, 1.54) is 7.11 Å². The lowest BCUT2D eigenvalue weighted by atomic mass is 10.0. The quantitative estimate of drug-likeness (QED) is 0.813. The number of nitrogens with one attached hydrogen (secondary N) is 1. The van der Waals surface area contributed by atoms with E-state index in [0.29, 0.717) is 17.7 Å². The Kier molecular flexibility index (Phi) is 5.03. The Bertz CT molecular complexity index is 496. The van der Waals surface area contributed by atoms with Gasteiger partial charge in [-0.2, -0.15) is 0 Å². The summed E-state index contributed by atoms with van der Waals surface area (Å²) in [5, 5.41) is 2.84. The lowest BCUT2D eigenvalue weighted by Crippen LogP contribution is -2.41. The number of aryl methyl sites for hydroxylation is 1. The molecule has 1 atom stereocenters. The van der Waals surface area contributed by atoms with Gasteiger partial charge >= 0.3 is 0 Å². The highest BCUT2D eigenvalue weighted by Gasteiger charge is 2.31. The number of hydrogen-bond acceptors (Lipinski definition) is 3. The first-order chi connectivity index (χ1) is 8.85. The number of nitrogens with two attached hydrogens (primary N) is 1. The summed E-state index contributed by atoms with van der Waals surface area (Å²) in [6, 6.07) is 5.54. The van der Waals surface area contributed by atoms with Gasteiger partial charge < -0.3 is 15.8 Å². The average molecular weight is 280 g/mol. The molecule has 3 N–H and O–H groups in total. The third-order valence-electron chi connectivity index (χ3n) is 3.37. The summed E-state index contributed by atoms with van der Waals surface area (Å²) in [5.41, 5.74) is 7.10. The molecular formula is C14H20N2O2S. The molecular weight excluding hydrogens is 260 g/mol. The maximum absolute atomic E-state index is 12.3. The van der Waals surface area contributed by atoms with E-state index >= 15 is 0 Å². The fourth-order valence-electron chi connectivity index (χ4n) is 1.75. The minimum absolute atomic E-state index is 0.208. The number of carbonyl (C=O) groups excluding carboxylic acids is 1. The van der Waals surface area contributed by atoms with E-state index in [0.717, 1.165) is 5.56 Å². The smallest absolute Gasteiger partial charge is 0.256 e. The van der Waals surface area contributed by atoms with E-state index in [1.807, 2.05) is 26.0 Å². The summed E-state index contributed by atoms with van der Waals surface area (Å²) in [5.74, 6) is -0.208. The molecule has 1 aromatic rings. The Morgan fingerprint density at radius 3 is 2.63 bits per heavy atom. The molecule has 5 heteroatoms. The second kappa shape index (κ2) is 6.12. The average Bonchev–Trinajstić information content (AvgIpc) is 2.37. The van der Waals surface area contributed by atoms with Crippen LogP contribution in [0.25, 0.3) is 0 Å². The van der Waals surface area contributed by atoms with Crippen LogP contribution in [0.2, 0.25) is 0 Å². The van der Waals surface area contributed by atoms with Crippen LogP contribution in [0.15, 0.2) is 18.2 Å². The van der Waals surface area contributed by atoms with Crippen molar-refractivity contribution in [1.82, 2.24) is 0 Å². The highest BCUT2D eigenvalue weighted by Crippen LogP contribution is 2.22. The van der Waals surface area contributed by atoms with Crippen molar-refractivity contribution in [1.29, 1.82) is 0 Å². The summed E-state index contributed by atoms with van der Waals surface area (Å²) in [7, 11) is 1.52. The van der Waals surface area contributed by atoms with E-state index in [9.17, 15) is 4.79 Å². The molecule has 1 aromatic carbocycles. The highest BCUT2D eigenvalue weighted by molar-refractivity contribution is 7.80. The van der Waals surface area contributed by atoms with Gasteiger partial charge in [-0.15, -0.1) is 0 Å². The number of carbonyl (C=O) groups is 1. The van der Waals surface area contributed by atoms with Gasteiger partial charge in [0.1, 0.15) is 10.6 Å². The second-order valence-electron chi connectivity index (χ2n) is 4.60. The molecule has 0 radical (unpaired) electrons. The van der Waals surface area contributed by atoms with Crippen molar-refractivity contribution in [2.45, 2.75) is 32.8 Å². The molecule has 0 aliphatic rings. The van der Waals surface area contributed by atoms with E-state index in [4.69, 9.17) is 22.7 Å². The summed E-state index contributed by atoms with van der Waals surface area (Å²) >= 11 is 5.04. The van der Waals surface area contributed by atoms with Crippen molar-refractivity contribution in [2.75, 3.05) is 12.4 Å². The Morgan fingerprint density at radius 2 is 2.16 bits per heavy atom. The van der Waals surface area contributed by atoms with E-state index in [-0.39, 0.29) is 10.9 Å². The zero-order chi connectivity index (χ0) is 14.6. The topological polar surface area (TPSA) is 64.3 Å². The SMILES string of the molecule is CCC(C)(OC)C(=O)Nc1cccc(C)c1C(N)=S. The van der Waals surface area contributed by atoms with Gasteiger partial charge in [-0.3, -0.25) is 4.79 Å². The third-order valence-corrected chi connectivity index (χ3v) is 3.58. The Hall–Kier alpha value is -1.46. The van der Waals surface area contributed by atoms with Gasteiger partial charge in [0, 0.05) is 12.7 Å². The lowest BCUT2D eigenvalue weighted by Gasteiger charge is -2.26.